The molecule has 26 heavy (non-hydrogen) atoms. The van der Waals surface area contributed by atoms with E-state index in [2.05, 4.69) is 0 Å². The standard InChI is InChI=1S/C17H13Cl2NO5S/c18-12-5-1-10(2-6-12)9-26(22,23)25-16-14(21)15(24-17(16)20)11-3-7-13(19)8-4-11/h1-8,21H,9,20H2. The van der Waals surface area contributed by atoms with Crippen molar-refractivity contribution in [3.8, 4) is 22.8 Å². The summed E-state index contributed by atoms with van der Waals surface area (Å²) < 4.78 is 34.8. The molecule has 136 valence electrons. The summed E-state index contributed by atoms with van der Waals surface area (Å²) in [5, 5.41) is 11.3. The Morgan fingerprint density at radius 3 is 2.12 bits per heavy atom. The van der Waals surface area contributed by atoms with E-state index < -0.39 is 27.4 Å². The van der Waals surface area contributed by atoms with Crippen LogP contribution < -0.4 is 9.92 Å². The van der Waals surface area contributed by atoms with Crippen LogP contribution in [0.5, 0.6) is 11.5 Å². The molecule has 0 radical (unpaired) electrons. The fourth-order valence-electron chi connectivity index (χ4n) is 2.24. The Hall–Kier alpha value is -2.35. The maximum atomic E-state index is 12.3. The molecule has 0 saturated heterocycles. The number of anilines is 1. The van der Waals surface area contributed by atoms with Gasteiger partial charge >= 0.3 is 10.1 Å². The maximum absolute atomic E-state index is 12.3. The Kier molecular flexibility index (Phi) is 5.04. The first-order valence-electron chi connectivity index (χ1n) is 7.29. The van der Waals surface area contributed by atoms with Crippen molar-refractivity contribution < 1.29 is 22.1 Å². The molecular weight excluding hydrogens is 401 g/mol. The van der Waals surface area contributed by atoms with E-state index in [4.69, 9.17) is 37.5 Å². The van der Waals surface area contributed by atoms with Gasteiger partial charge in [-0.3, -0.25) is 0 Å². The van der Waals surface area contributed by atoms with Crippen LogP contribution in [0.3, 0.4) is 0 Å². The average molecular weight is 414 g/mol. The third-order valence-electron chi connectivity index (χ3n) is 3.44. The van der Waals surface area contributed by atoms with Gasteiger partial charge in [-0.25, -0.2) is 0 Å². The molecular formula is C17H13Cl2NO5S. The van der Waals surface area contributed by atoms with Crippen molar-refractivity contribution in [1.82, 2.24) is 0 Å². The van der Waals surface area contributed by atoms with Crippen LogP contribution in [-0.4, -0.2) is 13.5 Å². The lowest BCUT2D eigenvalue weighted by atomic mass is 10.1. The van der Waals surface area contributed by atoms with Crippen LogP contribution in [0.2, 0.25) is 10.0 Å². The number of halogens is 2. The summed E-state index contributed by atoms with van der Waals surface area (Å²) in [6.45, 7) is 0. The zero-order chi connectivity index (χ0) is 18.9. The van der Waals surface area contributed by atoms with Crippen LogP contribution >= 0.6 is 23.2 Å². The molecule has 3 N–H and O–H groups in total. The summed E-state index contributed by atoms with van der Waals surface area (Å²) >= 11 is 11.6. The molecule has 0 atom stereocenters. The van der Waals surface area contributed by atoms with Crippen molar-refractivity contribution in [1.29, 1.82) is 0 Å². The topological polar surface area (TPSA) is 103 Å². The van der Waals surface area contributed by atoms with Crippen LogP contribution in [0.1, 0.15) is 5.56 Å². The van der Waals surface area contributed by atoms with E-state index in [0.29, 0.717) is 21.2 Å². The molecule has 2 aromatic carbocycles. The van der Waals surface area contributed by atoms with E-state index in [1.165, 1.54) is 0 Å². The third kappa shape index (κ3) is 4.07. The first kappa shape index (κ1) is 18.4. The number of nitrogen functional groups attached to an aromatic ring is 1. The van der Waals surface area contributed by atoms with Crippen molar-refractivity contribution in [3.63, 3.8) is 0 Å². The van der Waals surface area contributed by atoms with Gasteiger partial charge in [0.1, 0.15) is 5.75 Å². The summed E-state index contributed by atoms with van der Waals surface area (Å²) in [4.78, 5) is 0. The molecule has 0 amide bonds. The highest BCUT2D eigenvalue weighted by molar-refractivity contribution is 7.86. The van der Waals surface area contributed by atoms with Gasteiger partial charge in [-0.15, -0.1) is 0 Å². The van der Waals surface area contributed by atoms with Crippen LogP contribution in [0.25, 0.3) is 11.3 Å². The zero-order valence-electron chi connectivity index (χ0n) is 13.1. The number of benzene rings is 2. The predicted molar refractivity (Wildman–Crippen MR) is 99.9 cm³/mol. The largest absolute Gasteiger partial charge is 0.501 e. The molecule has 0 aliphatic rings. The first-order valence-corrected chi connectivity index (χ1v) is 9.62. The first-order chi connectivity index (χ1) is 12.2. The lowest BCUT2D eigenvalue weighted by Gasteiger charge is -2.06. The highest BCUT2D eigenvalue weighted by Crippen LogP contribution is 2.45. The van der Waals surface area contributed by atoms with Crippen LogP contribution in [-0.2, 0) is 15.9 Å². The summed E-state index contributed by atoms with van der Waals surface area (Å²) in [6.07, 6.45) is 0. The molecule has 9 heteroatoms. The van der Waals surface area contributed by atoms with Gasteiger partial charge in [-0.1, -0.05) is 35.3 Å². The average Bonchev–Trinajstić information content (AvgIpc) is 2.85. The molecule has 1 heterocycles. The van der Waals surface area contributed by atoms with Crippen molar-refractivity contribution in [2.75, 3.05) is 5.73 Å². The molecule has 6 nitrogen and oxygen atoms in total. The number of furan rings is 1. The number of hydrogen-bond donors (Lipinski definition) is 2. The Bertz CT molecular complexity index is 1030. The monoisotopic (exact) mass is 413 g/mol. The van der Waals surface area contributed by atoms with Gasteiger partial charge in [0.15, 0.2) is 5.76 Å². The van der Waals surface area contributed by atoms with Crippen molar-refractivity contribution in [2.45, 2.75) is 5.75 Å². The minimum atomic E-state index is -4.09. The normalized spacial score (nSPS) is 11.5. The van der Waals surface area contributed by atoms with E-state index in [-0.39, 0.29) is 11.6 Å². The summed E-state index contributed by atoms with van der Waals surface area (Å²) in [7, 11) is -4.09. The van der Waals surface area contributed by atoms with Crippen LogP contribution in [0, 0.1) is 0 Å². The summed E-state index contributed by atoms with van der Waals surface area (Å²) in [5.74, 6) is -1.76. The predicted octanol–water partition coefficient (Wildman–Crippen LogP) is 4.45. The molecule has 0 saturated carbocycles. The molecule has 1 aromatic heterocycles. The highest BCUT2D eigenvalue weighted by Gasteiger charge is 2.26. The molecule has 0 spiro atoms. The summed E-state index contributed by atoms with van der Waals surface area (Å²) in [5.41, 5.74) is 6.60. The van der Waals surface area contributed by atoms with E-state index in [9.17, 15) is 13.5 Å². The lowest BCUT2D eigenvalue weighted by Crippen LogP contribution is -2.12. The van der Waals surface area contributed by atoms with Gasteiger partial charge in [0.05, 0.1) is 0 Å². The van der Waals surface area contributed by atoms with Crippen LogP contribution in [0.4, 0.5) is 5.88 Å². The second-order valence-corrected chi connectivity index (χ2v) is 7.84. The molecule has 0 unspecified atom stereocenters. The second-order valence-electron chi connectivity index (χ2n) is 5.39. The van der Waals surface area contributed by atoms with Gasteiger partial charge in [-0.2, -0.15) is 8.42 Å². The second kappa shape index (κ2) is 7.11. The Labute approximate surface area is 159 Å². The highest BCUT2D eigenvalue weighted by atomic mass is 35.5. The number of hydrogen-bond acceptors (Lipinski definition) is 6. The zero-order valence-corrected chi connectivity index (χ0v) is 15.5. The maximum Gasteiger partial charge on any atom is 0.313 e. The molecule has 3 rings (SSSR count). The third-order valence-corrected chi connectivity index (χ3v) is 5.05. The number of nitrogens with two attached hydrogens (primary N) is 1. The lowest BCUT2D eigenvalue weighted by molar-refractivity contribution is 0.432. The smallest absolute Gasteiger partial charge is 0.313 e. The number of aromatic hydroxyl groups is 1. The number of rotatable bonds is 5. The molecule has 3 aromatic rings. The van der Waals surface area contributed by atoms with Crippen molar-refractivity contribution in [2.24, 2.45) is 0 Å². The molecule has 0 aliphatic heterocycles. The van der Waals surface area contributed by atoms with E-state index in [1.54, 1.807) is 48.5 Å². The quantitative estimate of drug-likeness (QED) is 0.598. The van der Waals surface area contributed by atoms with Crippen molar-refractivity contribution >= 4 is 39.2 Å². The van der Waals surface area contributed by atoms with E-state index in [1.807, 2.05) is 0 Å². The van der Waals surface area contributed by atoms with Gasteiger partial charge in [0.2, 0.25) is 17.4 Å². The van der Waals surface area contributed by atoms with Crippen LogP contribution in [0.15, 0.2) is 52.9 Å². The minimum Gasteiger partial charge on any atom is -0.501 e. The van der Waals surface area contributed by atoms with E-state index >= 15 is 0 Å². The van der Waals surface area contributed by atoms with E-state index in [0.717, 1.165) is 0 Å². The van der Waals surface area contributed by atoms with Gasteiger partial charge in [0.25, 0.3) is 0 Å². The van der Waals surface area contributed by atoms with Crippen molar-refractivity contribution in [3.05, 3.63) is 64.1 Å². The van der Waals surface area contributed by atoms with Gasteiger partial charge in [0, 0.05) is 15.6 Å². The SMILES string of the molecule is Nc1oc(-c2ccc(Cl)cc2)c(O)c1OS(=O)(=O)Cc1ccc(Cl)cc1. The Morgan fingerprint density at radius 1 is 1.00 bits per heavy atom. The van der Waals surface area contributed by atoms with Gasteiger partial charge in [-0.05, 0) is 42.0 Å². The molecule has 0 aliphatic carbocycles. The molecule has 0 fully saturated rings. The molecule has 0 bridgehead atoms. The fourth-order valence-corrected chi connectivity index (χ4v) is 3.57. The minimum absolute atomic E-state index is 0.0177. The Morgan fingerprint density at radius 2 is 1.54 bits per heavy atom. The van der Waals surface area contributed by atoms with Gasteiger partial charge < -0.3 is 19.4 Å². The summed E-state index contributed by atoms with van der Waals surface area (Å²) in [6, 6.07) is 12.6. The fraction of sp³-hybridized carbons (Fsp3) is 0.0588. The Balaban J connectivity index is 1.87.